The summed E-state index contributed by atoms with van der Waals surface area (Å²) in [4.78, 5) is 0. The van der Waals surface area contributed by atoms with Crippen LogP contribution in [0, 0.1) is 0 Å². The Hall–Kier alpha value is -0.470. The van der Waals surface area contributed by atoms with Crippen molar-refractivity contribution in [3.05, 3.63) is 29.8 Å². The predicted molar refractivity (Wildman–Crippen MR) is 71.1 cm³/mol. The average Bonchev–Trinajstić information content (AvgIpc) is 2.20. The van der Waals surface area contributed by atoms with Crippen LogP contribution >= 0.6 is 8.22 Å². The molecule has 1 rings (SSSR count). The highest BCUT2D eigenvalue weighted by molar-refractivity contribution is 7.61. The first-order chi connectivity index (χ1) is 7.57. The molecule has 0 aromatic heterocycles. The van der Waals surface area contributed by atoms with Crippen LogP contribution in [-0.4, -0.2) is 44.6 Å². The van der Waals surface area contributed by atoms with Crippen molar-refractivity contribution in [2.24, 2.45) is 0 Å². The van der Waals surface area contributed by atoms with E-state index in [1.165, 1.54) is 10.9 Å². The van der Waals surface area contributed by atoms with Gasteiger partial charge in [-0.1, -0.05) is 24.3 Å². The van der Waals surface area contributed by atoms with Gasteiger partial charge in [-0.3, -0.25) is 9.34 Å². The Bertz CT molecular complexity index is 321. The van der Waals surface area contributed by atoms with Crippen molar-refractivity contribution >= 4 is 13.5 Å². The second kappa shape index (κ2) is 6.31. The smallest absolute Gasteiger partial charge is 0.0720 e. The van der Waals surface area contributed by atoms with Gasteiger partial charge in [-0.25, -0.2) is 0 Å². The van der Waals surface area contributed by atoms with Gasteiger partial charge in [-0.15, -0.1) is 0 Å². The Morgan fingerprint density at radius 3 is 2.12 bits per heavy atom. The van der Waals surface area contributed by atoms with E-state index in [0.29, 0.717) is 6.61 Å². The molecule has 90 valence electrons. The quantitative estimate of drug-likeness (QED) is 0.731. The number of benzene rings is 1. The monoisotopic (exact) mass is 240 g/mol. The summed E-state index contributed by atoms with van der Waals surface area (Å²) in [6.07, 6.45) is 0. The van der Waals surface area contributed by atoms with Gasteiger partial charge < -0.3 is 4.74 Å². The third-order valence-corrected chi connectivity index (χ3v) is 4.65. The van der Waals surface area contributed by atoms with Crippen LogP contribution < -0.4 is 5.30 Å². The van der Waals surface area contributed by atoms with Gasteiger partial charge in [0.1, 0.15) is 0 Å². The molecule has 0 aliphatic heterocycles. The molecule has 0 fully saturated rings. The fourth-order valence-electron chi connectivity index (χ4n) is 1.77. The first-order valence-electron chi connectivity index (χ1n) is 5.29. The van der Waals surface area contributed by atoms with E-state index >= 15 is 0 Å². The Kier molecular flexibility index (Phi) is 5.36. The van der Waals surface area contributed by atoms with E-state index in [1.54, 1.807) is 7.11 Å². The normalized spacial score (nSPS) is 11.8. The van der Waals surface area contributed by atoms with Crippen LogP contribution in [0.4, 0.5) is 0 Å². The van der Waals surface area contributed by atoms with E-state index in [0.717, 1.165) is 0 Å². The van der Waals surface area contributed by atoms with E-state index in [2.05, 4.69) is 61.8 Å². The van der Waals surface area contributed by atoms with Crippen LogP contribution in [0.1, 0.15) is 5.56 Å². The molecule has 0 aliphatic rings. The van der Waals surface area contributed by atoms with Gasteiger partial charge in [0.15, 0.2) is 0 Å². The zero-order valence-corrected chi connectivity index (χ0v) is 11.7. The van der Waals surface area contributed by atoms with Crippen molar-refractivity contribution in [1.82, 2.24) is 9.34 Å². The SMILES string of the molecule is COCc1ccccc1P(N(C)C)N(C)C. The molecule has 0 saturated carbocycles. The molecule has 4 heteroatoms. The maximum absolute atomic E-state index is 5.25. The first-order valence-corrected chi connectivity index (χ1v) is 6.54. The van der Waals surface area contributed by atoms with E-state index in [9.17, 15) is 0 Å². The maximum Gasteiger partial charge on any atom is 0.0720 e. The molecule has 0 aliphatic carbocycles. The molecule has 0 radical (unpaired) electrons. The summed E-state index contributed by atoms with van der Waals surface area (Å²) in [6, 6.07) is 8.49. The molecule has 0 saturated heterocycles. The van der Waals surface area contributed by atoms with Crippen LogP contribution in [0.3, 0.4) is 0 Å². The van der Waals surface area contributed by atoms with Gasteiger partial charge in [0, 0.05) is 12.4 Å². The van der Waals surface area contributed by atoms with Gasteiger partial charge in [0.25, 0.3) is 0 Å². The van der Waals surface area contributed by atoms with Crippen LogP contribution in [0.5, 0.6) is 0 Å². The number of nitrogens with zero attached hydrogens (tertiary/aromatic N) is 2. The average molecular weight is 240 g/mol. The Balaban J connectivity index is 3.07. The molecule has 3 nitrogen and oxygen atoms in total. The zero-order valence-electron chi connectivity index (χ0n) is 10.8. The lowest BCUT2D eigenvalue weighted by molar-refractivity contribution is 0.185. The van der Waals surface area contributed by atoms with Gasteiger partial charge in [-0.05, 0) is 33.8 Å². The minimum atomic E-state index is -0.419. The fraction of sp³-hybridized carbons (Fsp3) is 0.500. The van der Waals surface area contributed by atoms with Gasteiger partial charge in [0.2, 0.25) is 0 Å². The molecule has 0 atom stereocenters. The number of hydrogen-bond acceptors (Lipinski definition) is 3. The Morgan fingerprint density at radius 1 is 1.06 bits per heavy atom. The minimum absolute atomic E-state index is 0.419. The fourth-order valence-corrected chi connectivity index (χ4v) is 3.97. The van der Waals surface area contributed by atoms with E-state index < -0.39 is 8.22 Å². The molecule has 0 unspecified atom stereocenters. The standard InChI is InChI=1S/C12H21N2OP/c1-13(2)16(14(3)4)12-9-7-6-8-11(12)10-15-5/h6-9H,10H2,1-5H3. The lowest BCUT2D eigenvalue weighted by Gasteiger charge is -2.31. The van der Waals surface area contributed by atoms with E-state index in [4.69, 9.17) is 4.74 Å². The molecule has 16 heavy (non-hydrogen) atoms. The summed E-state index contributed by atoms with van der Waals surface area (Å²) in [5.41, 5.74) is 1.28. The highest BCUT2D eigenvalue weighted by Crippen LogP contribution is 2.39. The van der Waals surface area contributed by atoms with Crippen molar-refractivity contribution in [3.63, 3.8) is 0 Å². The molecular weight excluding hydrogens is 219 g/mol. The third kappa shape index (κ3) is 3.26. The van der Waals surface area contributed by atoms with Crippen LogP contribution in [0.2, 0.25) is 0 Å². The second-order valence-corrected chi connectivity index (χ2v) is 6.71. The molecule has 0 N–H and O–H groups in total. The molecule has 0 amide bonds. The number of methoxy groups -OCH3 is 1. The van der Waals surface area contributed by atoms with E-state index in [1.807, 2.05) is 0 Å². The number of rotatable bonds is 5. The lowest BCUT2D eigenvalue weighted by Crippen LogP contribution is -2.26. The summed E-state index contributed by atoms with van der Waals surface area (Å²) in [5.74, 6) is 0. The molecule has 0 bridgehead atoms. The number of ether oxygens (including phenoxy) is 1. The van der Waals surface area contributed by atoms with Crippen LogP contribution in [-0.2, 0) is 11.3 Å². The largest absolute Gasteiger partial charge is 0.380 e. The lowest BCUT2D eigenvalue weighted by atomic mass is 10.2. The summed E-state index contributed by atoms with van der Waals surface area (Å²) in [5, 5.41) is 1.37. The molecule has 1 aromatic carbocycles. The van der Waals surface area contributed by atoms with Crippen molar-refractivity contribution in [1.29, 1.82) is 0 Å². The maximum atomic E-state index is 5.25. The molecular formula is C12H21N2OP. The topological polar surface area (TPSA) is 15.7 Å². The predicted octanol–water partition coefficient (Wildman–Crippen LogP) is 1.89. The van der Waals surface area contributed by atoms with Crippen molar-refractivity contribution < 1.29 is 4.74 Å². The highest BCUT2D eigenvalue weighted by atomic mass is 31.1. The van der Waals surface area contributed by atoms with E-state index in [-0.39, 0.29) is 0 Å². The molecule has 0 heterocycles. The van der Waals surface area contributed by atoms with Crippen molar-refractivity contribution in [3.8, 4) is 0 Å². The van der Waals surface area contributed by atoms with Crippen LogP contribution in [0.25, 0.3) is 0 Å². The summed E-state index contributed by atoms with van der Waals surface area (Å²) in [7, 11) is 9.80. The third-order valence-electron chi connectivity index (χ3n) is 2.26. The first kappa shape index (κ1) is 13.6. The summed E-state index contributed by atoms with van der Waals surface area (Å²) in [6.45, 7) is 0.677. The Morgan fingerprint density at radius 2 is 1.62 bits per heavy atom. The molecule has 1 aromatic rings. The van der Waals surface area contributed by atoms with Crippen LogP contribution in [0.15, 0.2) is 24.3 Å². The van der Waals surface area contributed by atoms with Gasteiger partial charge in [0.05, 0.1) is 14.8 Å². The zero-order chi connectivity index (χ0) is 12.1. The highest BCUT2D eigenvalue weighted by Gasteiger charge is 2.19. The number of hydrogen-bond donors (Lipinski definition) is 0. The van der Waals surface area contributed by atoms with Crippen molar-refractivity contribution in [2.75, 3.05) is 35.3 Å². The van der Waals surface area contributed by atoms with Crippen molar-refractivity contribution in [2.45, 2.75) is 6.61 Å². The van der Waals surface area contributed by atoms with Gasteiger partial charge >= 0.3 is 0 Å². The second-order valence-electron chi connectivity index (χ2n) is 4.05. The summed E-state index contributed by atoms with van der Waals surface area (Å²) >= 11 is 0. The van der Waals surface area contributed by atoms with Gasteiger partial charge in [-0.2, -0.15) is 0 Å². The minimum Gasteiger partial charge on any atom is -0.380 e. The molecule has 0 spiro atoms. The Labute approximate surface area is 99.9 Å². The summed E-state index contributed by atoms with van der Waals surface area (Å²) < 4.78 is 9.79.